The SMILES string of the molecule is CC(=O)ON=C(C(=O)Cl)c1csc(N)n1. The highest BCUT2D eigenvalue weighted by Gasteiger charge is 2.16. The fourth-order valence-electron chi connectivity index (χ4n) is 0.690. The summed E-state index contributed by atoms with van der Waals surface area (Å²) in [5.41, 5.74) is 5.29. The lowest BCUT2D eigenvalue weighted by Crippen LogP contribution is -2.11. The molecule has 0 atom stereocenters. The summed E-state index contributed by atoms with van der Waals surface area (Å²) >= 11 is 6.35. The molecule has 0 bridgehead atoms. The van der Waals surface area contributed by atoms with Gasteiger partial charge in [-0.15, -0.1) is 11.3 Å². The van der Waals surface area contributed by atoms with E-state index in [1.165, 1.54) is 5.38 Å². The molecule has 6 nitrogen and oxygen atoms in total. The predicted octanol–water partition coefficient (Wildman–Crippen LogP) is 0.758. The van der Waals surface area contributed by atoms with E-state index in [0.717, 1.165) is 18.3 Å². The lowest BCUT2D eigenvalue weighted by Gasteiger charge is -1.95. The van der Waals surface area contributed by atoms with Crippen LogP contribution in [0.25, 0.3) is 0 Å². The molecule has 2 N–H and O–H groups in total. The van der Waals surface area contributed by atoms with Crippen LogP contribution < -0.4 is 5.73 Å². The van der Waals surface area contributed by atoms with E-state index < -0.39 is 11.2 Å². The zero-order chi connectivity index (χ0) is 11.4. The highest BCUT2D eigenvalue weighted by atomic mass is 35.5. The molecule has 0 saturated carbocycles. The Labute approximate surface area is 93.7 Å². The van der Waals surface area contributed by atoms with Gasteiger partial charge in [0.2, 0.25) is 0 Å². The average molecular weight is 248 g/mol. The fraction of sp³-hybridized carbons (Fsp3) is 0.143. The van der Waals surface area contributed by atoms with Gasteiger partial charge < -0.3 is 10.6 Å². The third-order valence-electron chi connectivity index (χ3n) is 1.22. The molecular formula is C7H6ClN3O3S. The summed E-state index contributed by atoms with van der Waals surface area (Å²) in [4.78, 5) is 29.5. The van der Waals surface area contributed by atoms with Crippen molar-refractivity contribution in [1.82, 2.24) is 4.98 Å². The minimum atomic E-state index is -0.874. The van der Waals surface area contributed by atoms with Gasteiger partial charge in [0.05, 0.1) is 0 Å². The van der Waals surface area contributed by atoms with E-state index >= 15 is 0 Å². The van der Waals surface area contributed by atoms with Crippen molar-refractivity contribution in [2.75, 3.05) is 5.73 Å². The highest BCUT2D eigenvalue weighted by Crippen LogP contribution is 2.13. The first-order valence-electron chi connectivity index (χ1n) is 3.67. The molecule has 0 aliphatic rings. The van der Waals surface area contributed by atoms with Crippen LogP contribution in [0.15, 0.2) is 10.5 Å². The Hall–Kier alpha value is -1.47. The van der Waals surface area contributed by atoms with Crippen molar-refractivity contribution < 1.29 is 14.4 Å². The molecule has 0 aromatic carbocycles. The van der Waals surface area contributed by atoms with Crippen LogP contribution in [-0.4, -0.2) is 21.9 Å². The number of rotatable bonds is 3. The maximum atomic E-state index is 10.9. The third-order valence-corrected chi connectivity index (χ3v) is 2.07. The molecule has 8 heteroatoms. The molecule has 0 radical (unpaired) electrons. The number of anilines is 1. The minimum Gasteiger partial charge on any atom is -0.375 e. The summed E-state index contributed by atoms with van der Waals surface area (Å²) in [5, 5.41) is 4.15. The van der Waals surface area contributed by atoms with Crippen LogP contribution in [0.5, 0.6) is 0 Å². The number of nitrogen functional groups attached to an aromatic ring is 1. The molecule has 80 valence electrons. The van der Waals surface area contributed by atoms with Crippen molar-refractivity contribution in [3.63, 3.8) is 0 Å². The van der Waals surface area contributed by atoms with Crippen molar-refractivity contribution in [1.29, 1.82) is 0 Å². The molecule has 1 aromatic rings. The van der Waals surface area contributed by atoms with Crippen molar-refractivity contribution in [3.8, 4) is 0 Å². The van der Waals surface area contributed by atoms with Gasteiger partial charge in [0, 0.05) is 12.3 Å². The van der Waals surface area contributed by atoms with E-state index in [2.05, 4.69) is 15.0 Å². The number of nitrogens with zero attached hydrogens (tertiary/aromatic N) is 2. The molecule has 0 spiro atoms. The quantitative estimate of drug-likeness (QED) is 0.368. The number of carbonyl (C=O) groups is 2. The molecule has 1 aromatic heterocycles. The second-order valence-corrected chi connectivity index (χ2v) is 3.60. The largest absolute Gasteiger partial charge is 0.375 e. The molecule has 0 fully saturated rings. The molecule has 0 unspecified atom stereocenters. The van der Waals surface area contributed by atoms with Gasteiger partial charge in [-0.1, -0.05) is 5.16 Å². The summed E-state index contributed by atoms with van der Waals surface area (Å²) in [5.74, 6) is -0.659. The van der Waals surface area contributed by atoms with Crippen LogP contribution >= 0.6 is 22.9 Å². The Morgan fingerprint density at radius 2 is 2.33 bits per heavy atom. The third kappa shape index (κ3) is 3.30. The number of hydrogen-bond acceptors (Lipinski definition) is 7. The summed E-state index contributed by atoms with van der Waals surface area (Å²) in [6.45, 7) is 1.15. The first-order chi connectivity index (χ1) is 7.00. The highest BCUT2D eigenvalue weighted by molar-refractivity contribution is 7.13. The maximum Gasteiger partial charge on any atom is 0.332 e. The van der Waals surface area contributed by atoms with Gasteiger partial charge in [0.15, 0.2) is 10.8 Å². The molecular weight excluding hydrogens is 242 g/mol. The van der Waals surface area contributed by atoms with Crippen LogP contribution in [0, 0.1) is 0 Å². The number of oxime groups is 1. The second-order valence-electron chi connectivity index (χ2n) is 2.37. The molecule has 1 rings (SSSR count). The van der Waals surface area contributed by atoms with Crippen LogP contribution in [0.1, 0.15) is 12.6 Å². The van der Waals surface area contributed by atoms with Gasteiger partial charge >= 0.3 is 5.97 Å². The van der Waals surface area contributed by atoms with Gasteiger partial charge in [-0.2, -0.15) is 0 Å². The van der Waals surface area contributed by atoms with E-state index in [9.17, 15) is 9.59 Å². The lowest BCUT2D eigenvalue weighted by atomic mass is 10.3. The molecule has 1 heterocycles. The van der Waals surface area contributed by atoms with Crippen LogP contribution in [0.2, 0.25) is 0 Å². The molecule has 0 amide bonds. The smallest absolute Gasteiger partial charge is 0.332 e. The van der Waals surface area contributed by atoms with Crippen molar-refractivity contribution >= 4 is 45.0 Å². The molecule has 0 saturated heterocycles. The van der Waals surface area contributed by atoms with Crippen LogP contribution in [0.3, 0.4) is 0 Å². The number of hydrogen-bond donors (Lipinski definition) is 1. The van der Waals surface area contributed by atoms with Gasteiger partial charge in [0.1, 0.15) is 5.69 Å². The summed E-state index contributed by atoms with van der Waals surface area (Å²) in [6.07, 6.45) is 0. The Kier molecular flexibility index (Phi) is 3.75. The number of halogens is 1. The van der Waals surface area contributed by atoms with E-state index in [-0.39, 0.29) is 16.5 Å². The lowest BCUT2D eigenvalue weighted by molar-refractivity contribution is -0.140. The number of aromatic nitrogens is 1. The number of carbonyl (C=O) groups excluding carboxylic acids is 2. The first-order valence-corrected chi connectivity index (χ1v) is 4.93. The van der Waals surface area contributed by atoms with Gasteiger partial charge in [0.25, 0.3) is 5.24 Å². The monoisotopic (exact) mass is 247 g/mol. The van der Waals surface area contributed by atoms with Gasteiger partial charge in [-0.3, -0.25) is 4.79 Å². The molecule has 15 heavy (non-hydrogen) atoms. The molecule has 0 aliphatic heterocycles. The van der Waals surface area contributed by atoms with Crippen molar-refractivity contribution in [3.05, 3.63) is 11.1 Å². The van der Waals surface area contributed by atoms with E-state index in [1.807, 2.05) is 0 Å². The standard InChI is InChI=1S/C7H6ClN3O3S/c1-3(12)14-11-5(6(8)13)4-2-15-7(9)10-4/h2H,1H3,(H2,9,10). The zero-order valence-corrected chi connectivity index (χ0v) is 9.13. The van der Waals surface area contributed by atoms with Gasteiger partial charge in [-0.25, -0.2) is 9.78 Å². The van der Waals surface area contributed by atoms with Crippen molar-refractivity contribution in [2.45, 2.75) is 6.92 Å². The zero-order valence-electron chi connectivity index (χ0n) is 7.56. The summed E-state index contributed by atoms with van der Waals surface area (Å²) in [7, 11) is 0. The Morgan fingerprint density at radius 1 is 1.67 bits per heavy atom. The predicted molar refractivity (Wildman–Crippen MR) is 55.7 cm³/mol. The Bertz CT molecular complexity index is 429. The summed E-state index contributed by atoms with van der Waals surface area (Å²) < 4.78 is 0. The maximum absolute atomic E-state index is 10.9. The number of nitrogens with two attached hydrogens (primary N) is 1. The number of thiazole rings is 1. The normalized spacial score (nSPS) is 11.2. The second kappa shape index (κ2) is 4.85. The van der Waals surface area contributed by atoms with Gasteiger partial charge in [-0.05, 0) is 11.6 Å². The summed E-state index contributed by atoms with van der Waals surface area (Å²) in [6, 6.07) is 0. The minimum absolute atomic E-state index is 0.179. The van der Waals surface area contributed by atoms with E-state index in [0.29, 0.717) is 0 Å². The average Bonchev–Trinajstić information content (AvgIpc) is 2.51. The van der Waals surface area contributed by atoms with Crippen LogP contribution in [0.4, 0.5) is 5.13 Å². The Balaban J connectivity index is 2.98. The fourth-order valence-corrected chi connectivity index (χ4v) is 1.37. The van der Waals surface area contributed by atoms with Crippen LogP contribution in [-0.2, 0) is 14.4 Å². The topological polar surface area (TPSA) is 94.6 Å². The first kappa shape index (κ1) is 11.6. The van der Waals surface area contributed by atoms with Crippen molar-refractivity contribution in [2.24, 2.45) is 5.16 Å². The molecule has 0 aliphatic carbocycles. The Morgan fingerprint density at radius 3 is 2.73 bits per heavy atom. The van der Waals surface area contributed by atoms with E-state index in [4.69, 9.17) is 17.3 Å². The van der Waals surface area contributed by atoms with E-state index in [1.54, 1.807) is 0 Å².